The van der Waals surface area contributed by atoms with Crippen molar-refractivity contribution in [1.29, 1.82) is 0 Å². The summed E-state index contributed by atoms with van der Waals surface area (Å²) >= 11 is 11.4. The lowest BCUT2D eigenvalue weighted by Gasteiger charge is -2.34. The summed E-state index contributed by atoms with van der Waals surface area (Å²) in [4.78, 5) is 20.3. The largest absolute Gasteiger partial charge is 0.335 e. The number of pyridine rings is 1. The van der Waals surface area contributed by atoms with Crippen molar-refractivity contribution in [1.82, 2.24) is 14.8 Å². The molecule has 1 aromatic rings. The molecule has 6 heteroatoms. The van der Waals surface area contributed by atoms with E-state index in [4.69, 9.17) is 23.2 Å². The van der Waals surface area contributed by atoms with Crippen LogP contribution in [0.4, 0.5) is 0 Å². The summed E-state index contributed by atoms with van der Waals surface area (Å²) < 4.78 is 0. The van der Waals surface area contributed by atoms with E-state index in [9.17, 15) is 4.79 Å². The molecule has 0 atom stereocenters. The molecule has 0 aromatic carbocycles. The van der Waals surface area contributed by atoms with E-state index < -0.39 is 0 Å². The fourth-order valence-electron chi connectivity index (χ4n) is 1.96. The first kappa shape index (κ1) is 13.6. The average Bonchev–Trinajstić information content (AvgIpc) is 2.40. The number of alkyl halides is 1. The Morgan fingerprint density at radius 3 is 2.56 bits per heavy atom. The number of hydrogen-bond donors (Lipinski definition) is 0. The average molecular weight is 288 g/mol. The van der Waals surface area contributed by atoms with Crippen LogP contribution in [0.5, 0.6) is 0 Å². The smallest absolute Gasteiger partial charge is 0.272 e. The number of halogens is 2. The van der Waals surface area contributed by atoms with Gasteiger partial charge in [0.2, 0.25) is 0 Å². The zero-order chi connectivity index (χ0) is 13.0. The molecular formula is C12H15Cl2N3O. The van der Waals surface area contributed by atoms with E-state index in [-0.39, 0.29) is 5.91 Å². The molecule has 1 aliphatic rings. The van der Waals surface area contributed by atoms with Crippen molar-refractivity contribution < 1.29 is 4.79 Å². The number of amides is 1. The molecule has 0 bridgehead atoms. The van der Waals surface area contributed by atoms with Gasteiger partial charge in [-0.2, -0.15) is 0 Å². The molecule has 1 aromatic heterocycles. The molecule has 0 saturated carbocycles. The van der Waals surface area contributed by atoms with Crippen molar-refractivity contribution >= 4 is 29.1 Å². The third kappa shape index (κ3) is 3.34. The lowest BCUT2D eigenvalue weighted by Crippen LogP contribution is -2.49. The number of piperazine rings is 1. The number of carbonyl (C=O) groups is 1. The SMILES string of the molecule is O=C(c1ccc(Cl)cn1)N1CCN(CCCl)CC1. The molecular weight excluding hydrogens is 273 g/mol. The summed E-state index contributed by atoms with van der Waals surface area (Å²) in [6.07, 6.45) is 1.50. The molecule has 98 valence electrons. The van der Waals surface area contributed by atoms with Crippen LogP contribution in [-0.4, -0.2) is 59.3 Å². The van der Waals surface area contributed by atoms with Gasteiger partial charge in [0.25, 0.3) is 5.91 Å². The van der Waals surface area contributed by atoms with E-state index in [0.717, 1.165) is 32.7 Å². The first-order valence-electron chi connectivity index (χ1n) is 5.90. The number of aromatic nitrogens is 1. The summed E-state index contributed by atoms with van der Waals surface area (Å²) in [7, 11) is 0. The Balaban J connectivity index is 1.93. The second-order valence-electron chi connectivity index (χ2n) is 4.18. The fraction of sp³-hybridized carbons (Fsp3) is 0.500. The van der Waals surface area contributed by atoms with Crippen molar-refractivity contribution in [2.45, 2.75) is 0 Å². The van der Waals surface area contributed by atoms with Crippen LogP contribution >= 0.6 is 23.2 Å². The van der Waals surface area contributed by atoms with E-state index in [2.05, 4.69) is 9.88 Å². The zero-order valence-corrected chi connectivity index (χ0v) is 11.5. The molecule has 1 amide bonds. The number of rotatable bonds is 3. The van der Waals surface area contributed by atoms with Crippen LogP contribution in [0.1, 0.15) is 10.5 Å². The van der Waals surface area contributed by atoms with Crippen LogP contribution in [0.2, 0.25) is 5.02 Å². The van der Waals surface area contributed by atoms with E-state index in [1.54, 1.807) is 12.1 Å². The summed E-state index contributed by atoms with van der Waals surface area (Å²) in [5.41, 5.74) is 0.449. The summed E-state index contributed by atoms with van der Waals surface area (Å²) in [5.74, 6) is 0.601. The van der Waals surface area contributed by atoms with Gasteiger partial charge in [-0.25, -0.2) is 4.98 Å². The molecule has 0 radical (unpaired) electrons. The first-order chi connectivity index (χ1) is 8.70. The number of nitrogens with zero attached hydrogens (tertiary/aromatic N) is 3. The van der Waals surface area contributed by atoms with Crippen LogP contribution in [0.3, 0.4) is 0 Å². The standard InChI is InChI=1S/C12H15Cl2N3O/c13-3-4-16-5-7-17(8-6-16)12(18)11-2-1-10(14)9-15-11/h1-2,9H,3-8H2. The minimum Gasteiger partial charge on any atom is -0.335 e. The molecule has 2 rings (SSSR count). The minimum atomic E-state index is -0.0304. The van der Waals surface area contributed by atoms with Gasteiger partial charge in [-0.15, -0.1) is 11.6 Å². The highest BCUT2D eigenvalue weighted by Crippen LogP contribution is 2.10. The molecule has 1 saturated heterocycles. The van der Waals surface area contributed by atoms with Gasteiger partial charge in [-0.3, -0.25) is 9.69 Å². The van der Waals surface area contributed by atoms with Gasteiger partial charge in [0.05, 0.1) is 5.02 Å². The highest BCUT2D eigenvalue weighted by molar-refractivity contribution is 6.30. The number of carbonyl (C=O) groups excluding carboxylic acids is 1. The monoisotopic (exact) mass is 287 g/mol. The lowest BCUT2D eigenvalue weighted by atomic mass is 10.2. The molecule has 2 heterocycles. The fourth-order valence-corrected chi connectivity index (χ4v) is 2.31. The Morgan fingerprint density at radius 2 is 2.00 bits per heavy atom. The quantitative estimate of drug-likeness (QED) is 0.795. The normalized spacial score (nSPS) is 16.9. The van der Waals surface area contributed by atoms with Gasteiger partial charge in [-0.1, -0.05) is 11.6 Å². The molecule has 0 N–H and O–H groups in total. The Bertz CT molecular complexity index is 402. The molecule has 0 aliphatic carbocycles. The maximum Gasteiger partial charge on any atom is 0.272 e. The Labute approximate surface area is 116 Å². The van der Waals surface area contributed by atoms with E-state index in [1.165, 1.54) is 6.20 Å². The van der Waals surface area contributed by atoms with Crippen LogP contribution in [0.15, 0.2) is 18.3 Å². The Morgan fingerprint density at radius 1 is 1.28 bits per heavy atom. The van der Waals surface area contributed by atoms with Crippen LogP contribution in [-0.2, 0) is 0 Å². The van der Waals surface area contributed by atoms with Gasteiger partial charge < -0.3 is 4.90 Å². The van der Waals surface area contributed by atoms with Crippen molar-refractivity contribution in [3.05, 3.63) is 29.0 Å². The van der Waals surface area contributed by atoms with Gasteiger partial charge >= 0.3 is 0 Å². The lowest BCUT2D eigenvalue weighted by molar-refractivity contribution is 0.0638. The highest BCUT2D eigenvalue weighted by Gasteiger charge is 2.22. The Hall–Kier alpha value is -0.840. The van der Waals surface area contributed by atoms with E-state index in [0.29, 0.717) is 16.6 Å². The summed E-state index contributed by atoms with van der Waals surface area (Å²) in [5, 5.41) is 0.540. The molecule has 0 unspecified atom stereocenters. The summed E-state index contributed by atoms with van der Waals surface area (Å²) in [6.45, 7) is 4.06. The highest BCUT2D eigenvalue weighted by atomic mass is 35.5. The second kappa shape index (κ2) is 6.36. The van der Waals surface area contributed by atoms with Crippen molar-refractivity contribution in [2.24, 2.45) is 0 Å². The zero-order valence-electron chi connectivity index (χ0n) is 9.98. The molecule has 18 heavy (non-hydrogen) atoms. The third-order valence-electron chi connectivity index (χ3n) is 3.01. The first-order valence-corrected chi connectivity index (χ1v) is 6.81. The van der Waals surface area contributed by atoms with Gasteiger partial charge in [0.15, 0.2) is 0 Å². The molecule has 1 aliphatic heterocycles. The number of hydrogen-bond acceptors (Lipinski definition) is 3. The van der Waals surface area contributed by atoms with Crippen molar-refractivity contribution in [3.63, 3.8) is 0 Å². The molecule has 1 fully saturated rings. The van der Waals surface area contributed by atoms with Crippen LogP contribution in [0.25, 0.3) is 0 Å². The van der Waals surface area contributed by atoms with Crippen molar-refractivity contribution in [2.75, 3.05) is 38.6 Å². The third-order valence-corrected chi connectivity index (χ3v) is 3.40. The van der Waals surface area contributed by atoms with E-state index in [1.807, 2.05) is 4.90 Å². The second-order valence-corrected chi connectivity index (χ2v) is 5.00. The van der Waals surface area contributed by atoms with Crippen LogP contribution < -0.4 is 0 Å². The predicted octanol–water partition coefficient (Wildman–Crippen LogP) is 1.73. The minimum absolute atomic E-state index is 0.0304. The van der Waals surface area contributed by atoms with Gasteiger partial charge in [0.1, 0.15) is 5.69 Å². The predicted molar refractivity (Wildman–Crippen MR) is 72.3 cm³/mol. The maximum absolute atomic E-state index is 12.2. The topological polar surface area (TPSA) is 36.4 Å². The summed E-state index contributed by atoms with van der Waals surface area (Å²) in [6, 6.07) is 3.35. The molecule has 4 nitrogen and oxygen atoms in total. The van der Waals surface area contributed by atoms with Gasteiger partial charge in [0, 0.05) is 44.8 Å². The Kier molecular flexibility index (Phi) is 4.80. The van der Waals surface area contributed by atoms with Gasteiger partial charge in [-0.05, 0) is 12.1 Å². The van der Waals surface area contributed by atoms with Crippen LogP contribution in [0, 0.1) is 0 Å². The maximum atomic E-state index is 12.2. The van der Waals surface area contributed by atoms with E-state index >= 15 is 0 Å². The van der Waals surface area contributed by atoms with Crippen molar-refractivity contribution in [3.8, 4) is 0 Å². The molecule has 0 spiro atoms.